The predicted octanol–water partition coefficient (Wildman–Crippen LogP) is 2.02. The van der Waals surface area contributed by atoms with Gasteiger partial charge in [-0.05, 0) is 18.4 Å². The highest BCUT2D eigenvalue weighted by Gasteiger charge is 2.26. The van der Waals surface area contributed by atoms with Crippen LogP contribution in [0, 0.1) is 0 Å². The number of nitrogens with zero attached hydrogens (tertiary/aromatic N) is 4. The molecule has 0 saturated heterocycles. The van der Waals surface area contributed by atoms with Gasteiger partial charge in [-0.2, -0.15) is 0 Å². The molecule has 26 heavy (non-hydrogen) atoms. The lowest BCUT2D eigenvalue weighted by Crippen LogP contribution is -2.17. The lowest BCUT2D eigenvalue weighted by molar-refractivity contribution is 0.777. The Kier molecular flexibility index (Phi) is 3.18. The molecule has 0 bridgehead atoms. The van der Waals surface area contributed by atoms with Gasteiger partial charge in [0.1, 0.15) is 5.52 Å². The summed E-state index contributed by atoms with van der Waals surface area (Å²) in [5.74, 6) is 1.75. The Morgan fingerprint density at radius 1 is 1.15 bits per heavy atom. The van der Waals surface area contributed by atoms with Crippen LogP contribution in [-0.2, 0) is 6.54 Å². The van der Waals surface area contributed by atoms with Crippen molar-refractivity contribution in [3.05, 3.63) is 58.3 Å². The van der Waals surface area contributed by atoms with E-state index in [1.54, 1.807) is 4.57 Å². The molecule has 3 aromatic heterocycles. The molecule has 3 heterocycles. The normalized spacial score (nSPS) is 14.2. The van der Waals surface area contributed by atoms with Crippen LogP contribution < -0.4 is 11.4 Å². The fourth-order valence-electron chi connectivity index (χ4n) is 3.12. The second-order valence-electron chi connectivity index (χ2n) is 6.59. The highest BCUT2D eigenvalue weighted by Crippen LogP contribution is 2.39. The van der Waals surface area contributed by atoms with Gasteiger partial charge in [0.05, 0.1) is 6.54 Å². The summed E-state index contributed by atoms with van der Waals surface area (Å²) in [6.45, 7) is 0.404. The first-order chi connectivity index (χ1) is 12.7. The molecule has 0 spiro atoms. The number of hydrogen-bond donors (Lipinski definition) is 3. The molecule has 1 aliphatic rings. The molecule has 0 atom stereocenters. The van der Waals surface area contributed by atoms with E-state index in [-0.39, 0.29) is 11.5 Å². The van der Waals surface area contributed by atoms with Gasteiger partial charge in [0.15, 0.2) is 23.1 Å². The largest absolute Gasteiger partial charge is 0.382 e. The van der Waals surface area contributed by atoms with E-state index in [2.05, 4.69) is 24.9 Å². The number of aromatic amines is 2. The van der Waals surface area contributed by atoms with E-state index < -0.39 is 0 Å². The third-order valence-electron chi connectivity index (χ3n) is 4.66. The molecular formula is C18H17N7O. The van der Waals surface area contributed by atoms with Crippen LogP contribution in [-0.4, -0.2) is 29.5 Å². The lowest BCUT2D eigenvalue weighted by Gasteiger charge is -2.05. The second-order valence-corrected chi connectivity index (χ2v) is 6.59. The monoisotopic (exact) mass is 347 g/mol. The molecule has 0 amide bonds. The predicted molar refractivity (Wildman–Crippen MR) is 97.7 cm³/mol. The molecule has 8 nitrogen and oxygen atoms in total. The van der Waals surface area contributed by atoms with Crippen LogP contribution in [0.3, 0.4) is 0 Å². The maximum absolute atomic E-state index is 12.4. The summed E-state index contributed by atoms with van der Waals surface area (Å²) in [7, 11) is 0. The van der Waals surface area contributed by atoms with Gasteiger partial charge in [-0.1, -0.05) is 30.3 Å². The summed E-state index contributed by atoms with van der Waals surface area (Å²) in [4.78, 5) is 31.7. The van der Waals surface area contributed by atoms with Crippen LogP contribution in [0.1, 0.15) is 30.0 Å². The van der Waals surface area contributed by atoms with Gasteiger partial charge in [0, 0.05) is 17.8 Å². The molecule has 5 rings (SSSR count). The molecule has 130 valence electrons. The highest BCUT2D eigenvalue weighted by molar-refractivity contribution is 5.83. The number of H-pyrrole nitrogens is 2. The van der Waals surface area contributed by atoms with E-state index in [4.69, 9.17) is 5.73 Å². The van der Waals surface area contributed by atoms with Gasteiger partial charge in [0.25, 0.3) is 0 Å². The van der Waals surface area contributed by atoms with Crippen LogP contribution in [0.5, 0.6) is 0 Å². The first-order valence-electron chi connectivity index (χ1n) is 8.54. The first kappa shape index (κ1) is 14.9. The topological polar surface area (TPSA) is 118 Å². The number of fused-ring (bicyclic) bond motifs is 1. The Balaban J connectivity index is 1.62. The molecular weight excluding hydrogens is 330 g/mol. The third kappa shape index (κ3) is 2.46. The van der Waals surface area contributed by atoms with E-state index in [0.29, 0.717) is 35.3 Å². The minimum atomic E-state index is -0.264. The Morgan fingerprint density at radius 3 is 2.73 bits per heavy atom. The fourth-order valence-corrected chi connectivity index (χ4v) is 3.12. The Hall–Kier alpha value is -3.42. The summed E-state index contributed by atoms with van der Waals surface area (Å²) < 4.78 is 1.57. The van der Waals surface area contributed by atoms with Crippen molar-refractivity contribution >= 4 is 17.0 Å². The van der Waals surface area contributed by atoms with Crippen molar-refractivity contribution in [2.45, 2.75) is 25.3 Å². The van der Waals surface area contributed by atoms with E-state index in [1.165, 1.54) is 12.8 Å². The van der Waals surface area contributed by atoms with Gasteiger partial charge in [-0.25, -0.2) is 19.7 Å². The number of benzene rings is 1. The summed E-state index contributed by atoms with van der Waals surface area (Å²) in [6.07, 6.45) is 4.18. The van der Waals surface area contributed by atoms with Gasteiger partial charge in [-0.15, -0.1) is 0 Å². The number of aromatic nitrogens is 6. The lowest BCUT2D eigenvalue weighted by atomic mass is 10.2. The summed E-state index contributed by atoms with van der Waals surface area (Å²) in [5.41, 5.74) is 8.83. The number of nitrogen functional groups attached to an aromatic ring is 1. The maximum atomic E-state index is 12.4. The molecule has 0 unspecified atom stereocenters. The number of nitrogens with two attached hydrogens (primary N) is 1. The van der Waals surface area contributed by atoms with E-state index in [0.717, 1.165) is 11.3 Å². The van der Waals surface area contributed by atoms with Gasteiger partial charge in [0.2, 0.25) is 0 Å². The van der Waals surface area contributed by atoms with Crippen molar-refractivity contribution in [2.24, 2.45) is 0 Å². The molecule has 1 saturated carbocycles. The number of hydrogen-bond acceptors (Lipinski definition) is 5. The number of imidazole rings is 2. The molecule has 1 fully saturated rings. The van der Waals surface area contributed by atoms with Crippen LogP contribution in [0.4, 0.5) is 5.82 Å². The zero-order valence-electron chi connectivity index (χ0n) is 13.9. The minimum absolute atomic E-state index is 0.235. The molecule has 0 aliphatic heterocycles. The Bertz CT molecular complexity index is 1150. The molecule has 1 aliphatic carbocycles. The average Bonchev–Trinajstić information content (AvgIpc) is 3.30. The van der Waals surface area contributed by atoms with Crippen molar-refractivity contribution in [1.82, 2.24) is 29.5 Å². The third-order valence-corrected chi connectivity index (χ3v) is 4.66. The summed E-state index contributed by atoms with van der Waals surface area (Å²) in [6, 6.07) is 9.74. The highest BCUT2D eigenvalue weighted by atomic mass is 16.1. The van der Waals surface area contributed by atoms with E-state index in [1.807, 2.05) is 36.5 Å². The molecule has 0 radical (unpaired) electrons. The van der Waals surface area contributed by atoms with Crippen molar-refractivity contribution in [3.8, 4) is 11.6 Å². The van der Waals surface area contributed by atoms with Crippen LogP contribution in [0.2, 0.25) is 0 Å². The first-order valence-corrected chi connectivity index (χ1v) is 8.54. The quantitative estimate of drug-likeness (QED) is 0.522. The van der Waals surface area contributed by atoms with Crippen LogP contribution in [0.15, 0.2) is 41.3 Å². The van der Waals surface area contributed by atoms with Crippen LogP contribution >= 0.6 is 0 Å². The molecule has 4 N–H and O–H groups in total. The van der Waals surface area contributed by atoms with Crippen molar-refractivity contribution in [2.75, 3.05) is 5.73 Å². The SMILES string of the molecule is Nc1nc(-c2ncc(C3CC3)[nH]2)nc2c1[nH]c(=O)n2Cc1ccccc1. The fraction of sp³-hybridized carbons (Fsp3) is 0.222. The number of anilines is 1. The van der Waals surface area contributed by atoms with Gasteiger partial charge >= 0.3 is 5.69 Å². The number of nitrogens with one attached hydrogen (secondary N) is 2. The molecule has 4 aromatic rings. The summed E-state index contributed by atoms with van der Waals surface area (Å²) >= 11 is 0. The zero-order chi connectivity index (χ0) is 17.7. The van der Waals surface area contributed by atoms with E-state index >= 15 is 0 Å². The van der Waals surface area contributed by atoms with Gasteiger partial charge < -0.3 is 15.7 Å². The van der Waals surface area contributed by atoms with Crippen molar-refractivity contribution in [3.63, 3.8) is 0 Å². The molecule has 1 aromatic carbocycles. The smallest absolute Gasteiger partial charge is 0.328 e. The Labute approximate surface area is 148 Å². The van der Waals surface area contributed by atoms with Crippen molar-refractivity contribution < 1.29 is 0 Å². The average molecular weight is 347 g/mol. The maximum Gasteiger partial charge on any atom is 0.328 e. The Morgan fingerprint density at radius 2 is 1.96 bits per heavy atom. The van der Waals surface area contributed by atoms with Gasteiger partial charge in [-0.3, -0.25) is 4.57 Å². The minimum Gasteiger partial charge on any atom is -0.382 e. The molecule has 8 heteroatoms. The number of rotatable bonds is 4. The second kappa shape index (κ2) is 5.55. The summed E-state index contributed by atoms with van der Waals surface area (Å²) in [5, 5.41) is 0. The zero-order valence-corrected chi connectivity index (χ0v) is 13.9. The van der Waals surface area contributed by atoms with Crippen molar-refractivity contribution in [1.29, 1.82) is 0 Å². The standard InChI is InChI=1S/C18H17N7O/c19-14-13-17(25(18(26)22-13)9-10-4-2-1-3-5-10)24-16(23-14)15-20-8-12(21-15)11-6-7-11/h1-5,8,11H,6-7,9H2,(H,20,21)(H,22,26)(H2,19,23,24). The van der Waals surface area contributed by atoms with Crippen LogP contribution in [0.25, 0.3) is 22.8 Å². The van der Waals surface area contributed by atoms with E-state index in [9.17, 15) is 4.79 Å².